The Morgan fingerprint density at radius 2 is 0.821 bits per heavy atom. The molecule has 1 aliphatic heterocycles. The second-order valence-corrected chi connectivity index (χ2v) is 20.8. The highest BCUT2D eigenvalue weighted by Gasteiger charge is 2.44. The third-order valence-corrected chi connectivity index (χ3v) is 14.3. The fourth-order valence-corrected chi connectivity index (χ4v) is 9.70. The fraction of sp³-hybridized carbons (Fsp3) is 0.948. The zero-order chi connectivity index (χ0) is 48.7. The van der Waals surface area contributed by atoms with E-state index in [1.807, 2.05) is 13.0 Å². The normalized spacial score (nSPS) is 19.7. The first kappa shape index (κ1) is 63.9. The summed E-state index contributed by atoms with van der Waals surface area (Å²) in [6.07, 6.45) is 54.5. The van der Waals surface area contributed by atoms with Crippen LogP contribution in [-0.2, 0) is 14.3 Å². The number of carbonyl (C=O) groups is 1. The van der Waals surface area contributed by atoms with Crippen LogP contribution in [0.4, 0.5) is 0 Å². The number of aliphatic hydroxyl groups excluding tert-OH is 5. The monoisotopic (exact) mass is 952 g/mol. The van der Waals surface area contributed by atoms with Gasteiger partial charge in [0.05, 0.1) is 25.4 Å². The van der Waals surface area contributed by atoms with Gasteiger partial charge in [-0.3, -0.25) is 4.79 Å². The van der Waals surface area contributed by atoms with Crippen molar-refractivity contribution in [3.05, 3.63) is 12.2 Å². The molecule has 0 radical (unpaired) electrons. The molecule has 1 amide bonds. The topological polar surface area (TPSA) is 149 Å². The van der Waals surface area contributed by atoms with E-state index >= 15 is 0 Å². The van der Waals surface area contributed by atoms with Gasteiger partial charge in [-0.25, -0.2) is 0 Å². The number of nitrogens with one attached hydrogen (secondary N) is 1. The van der Waals surface area contributed by atoms with Crippen LogP contribution in [-0.4, -0.2) is 87.5 Å². The number of carbonyl (C=O) groups excluding carboxylic acids is 1. The molecule has 6 N–H and O–H groups in total. The van der Waals surface area contributed by atoms with Crippen molar-refractivity contribution in [2.75, 3.05) is 13.2 Å². The van der Waals surface area contributed by atoms with Gasteiger partial charge in [0.2, 0.25) is 5.91 Å². The van der Waals surface area contributed by atoms with E-state index in [9.17, 15) is 30.3 Å². The molecule has 0 aromatic rings. The minimum absolute atomic E-state index is 0.183. The van der Waals surface area contributed by atoms with Crippen molar-refractivity contribution >= 4 is 5.91 Å². The molecule has 0 saturated carbocycles. The molecule has 0 spiro atoms. The minimum atomic E-state index is -1.56. The van der Waals surface area contributed by atoms with Crippen molar-refractivity contribution in [1.29, 1.82) is 0 Å². The summed E-state index contributed by atoms with van der Waals surface area (Å²) in [5.74, 6) is -0.183. The van der Waals surface area contributed by atoms with Crippen LogP contribution in [0.3, 0.4) is 0 Å². The standard InChI is InChI=1S/C58H113NO8/c1-3-5-7-8-9-10-11-12-13-14-15-16-17-18-19-20-21-22-23-24-25-26-27-28-29-30-31-32-33-34-35-36-37-38-39-40-41-42-43-44-46-48-54(62)59-51(52(61)47-45-6-4-2)50-66-58-57(65)56(64)55(63)53(49-60)67-58/h45,47,51-53,55-58,60-61,63-65H,3-44,46,48-50H2,1-2H3,(H,59,62)/b47-45+. The molecule has 1 aliphatic rings. The molecule has 0 aliphatic carbocycles. The number of allylic oxidation sites excluding steroid dienone is 1. The lowest BCUT2D eigenvalue weighted by molar-refractivity contribution is -0.302. The number of rotatable bonds is 51. The number of ether oxygens (including phenoxy) is 2. The summed E-state index contributed by atoms with van der Waals surface area (Å²) in [6, 6.07) is -0.796. The lowest BCUT2D eigenvalue weighted by Crippen LogP contribution is -2.60. The number of hydrogen-bond acceptors (Lipinski definition) is 8. The van der Waals surface area contributed by atoms with Crippen molar-refractivity contribution in [2.45, 2.75) is 339 Å². The predicted molar refractivity (Wildman–Crippen MR) is 281 cm³/mol. The highest BCUT2D eigenvalue weighted by molar-refractivity contribution is 5.76. The Morgan fingerprint density at radius 1 is 0.493 bits per heavy atom. The van der Waals surface area contributed by atoms with Gasteiger partial charge in [-0.15, -0.1) is 0 Å². The summed E-state index contributed by atoms with van der Waals surface area (Å²) in [7, 11) is 0. The fourth-order valence-electron chi connectivity index (χ4n) is 9.70. The molecular weight excluding hydrogens is 839 g/mol. The van der Waals surface area contributed by atoms with E-state index in [2.05, 4.69) is 12.2 Å². The summed E-state index contributed by atoms with van der Waals surface area (Å²) in [4.78, 5) is 12.8. The molecule has 1 heterocycles. The third kappa shape index (κ3) is 38.3. The van der Waals surface area contributed by atoms with E-state index in [-0.39, 0.29) is 12.5 Å². The summed E-state index contributed by atoms with van der Waals surface area (Å²) < 4.78 is 11.1. The first-order valence-corrected chi connectivity index (χ1v) is 29.4. The Kier molecular flexibility index (Phi) is 46.3. The second kappa shape index (κ2) is 48.6. The number of unbranched alkanes of at least 4 members (excludes halogenated alkanes) is 41. The Hall–Kier alpha value is -1.07. The zero-order valence-electron chi connectivity index (χ0n) is 44.2. The maximum atomic E-state index is 12.8. The molecule has 9 nitrogen and oxygen atoms in total. The first-order valence-electron chi connectivity index (χ1n) is 29.4. The van der Waals surface area contributed by atoms with Gasteiger partial charge in [-0.2, -0.15) is 0 Å². The number of aliphatic hydroxyl groups is 5. The summed E-state index contributed by atoms with van der Waals surface area (Å²) in [6.45, 7) is 3.58. The van der Waals surface area contributed by atoms with E-state index in [1.54, 1.807) is 6.08 Å². The Labute approximate surface area is 414 Å². The van der Waals surface area contributed by atoms with Crippen molar-refractivity contribution in [1.82, 2.24) is 5.32 Å². The average Bonchev–Trinajstić information content (AvgIpc) is 3.33. The Morgan fingerprint density at radius 3 is 1.13 bits per heavy atom. The maximum absolute atomic E-state index is 12.8. The van der Waals surface area contributed by atoms with Gasteiger partial charge in [0.1, 0.15) is 24.4 Å². The zero-order valence-corrected chi connectivity index (χ0v) is 44.2. The molecule has 1 fully saturated rings. The van der Waals surface area contributed by atoms with Crippen molar-refractivity contribution in [3.63, 3.8) is 0 Å². The maximum Gasteiger partial charge on any atom is 0.220 e. The predicted octanol–water partition coefficient (Wildman–Crippen LogP) is 14.4. The molecule has 67 heavy (non-hydrogen) atoms. The van der Waals surface area contributed by atoms with Crippen molar-refractivity contribution < 1.29 is 39.8 Å². The van der Waals surface area contributed by atoms with Crippen LogP contribution < -0.4 is 5.32 Å². The highest BCUT2D eigenvalue weighted by atomic mass is 16.7. The molecule has 7 atom stereocenters. The average molecular weight is 953 g/mol. The van der Waals surface area contributed by atoms with Gasteiger partial charge >= 0.3 is 0 Å². The summed E-state index contributed by atoms with van der Waals surface area (Å²) in [5, 5.41) is 53.5. The highest BCUT2D eigenvalue weighted by Crippen LogP contribution is 2.23. The second-order valence-electron chi connectivity index (χ2n) is 20.8. The van der Waals surface area contributed by atoms with Crippen molar-refractivity contribution in [3.8, 4) is 0 Å². The quantitative estimate of drug-likeness (QED) is 0.0261. The first-order chi connectivity index (χ1) is 32.8. The van der Waals surface area contributed by atoms with E-state index in [1.165, 1.54) is 244 Å². The van der Waals surface area contributed by atoms with Gasteiger partial charge in [0.15, 0.2) is 6.29 Å². The smallest absolute Gasteiger partial charge is 0.220 e. The van der Waals surface area contributed by atoms with Gasteiger partial charge in [0, 0.05) is 6.42 Å². The lowest BCUT2D eigenvalue weighted by atomic mass is 9.99. The number of amides is 1. The van der Waals surface area contributed by atoms with Crippen LogP contribution in [0.25, 0.3) is 0 Å². The van der Waals surface area contributed by atoms with Crippen LogP contribution in [0.2, 0.25) is 0 Å². The van der Waals surface area contributed by atoms with E-state index in [0.717, 1.165) is 32.1 Å². The van der Waals surface area contributed by atoms with Gasteiger partial charge in [-0.1, -0.05) is 289 Å². The lowest BCUT2D eigenvalue weighted by Gasteiger charge is -2.40. The number of hydrogen-bond donors (Lipinski definition) is 6. The summed E-state index contributed by atoms with van der Waals surface area (Å²) >= 11 is 0. The van der Waals surface area contributed by atoms with Gasteiger partial charge in [0.25, 0.3) is 0 Å². The van der Waals surface area contributed by atoms with Crippen LogP contribution in [0.1, 0.15) is 296 Å². The van der Waals surface area contributed by atoms with E-state index in [4.69, 9.17) is 9.47 Å². The largest absolute Gasteiger partial charge is 0.394 e. The molecule has 0 aromatic carbocycles. The van der Waals surface area contributed by atoms with E-state index in [0.29, 0.717) is 6.42 Å². The molecule has 9 heteroatoms. The van der Waals surface area contributed by atoms with Crippen LogP contribution in [0.5, 0.6) is 0 Å². The molecule has 7 unspecified atom stereocenters. The SMILES string of the molecule is CCC/C=C/C(O)C(COC1OC(CO)C(O)C(O)C1O)NC(=O)CCCCCCCCCCCCCCCCCCCCCCCCCCCCCCCCCCCCCCCCCCC. The van der Waals surface area contributed by atoms with Crippen LogP contribution in [0, 0.1) is 0 Å². The van der Waals surface area contributed by atoms with Crippen LogP contribution >= 0.6 is 0 Å². The molecule has 398 valence electrons. The molecular formula is C58H113NO8. The summed E-state index contributed by atoms with van der Waals surface area (Å²) in [5.41, 5.74) is 0. The molecule has 0 aromatic heterocycles. The molecule has 1 rings (SSSR count). The van der Waals surface area contributed by atoms with Gasteiger partial charge in [-0.05, 0) is 12.8 Å². The van der Waals surface area contributed by atoms with E-state index < -0.39 is 49.5 Å². The van der Waals surface area contributed by atoms with Gasteiger partial charge < -0.3 is 40.3 Å². The van der Waals surface area contributed by atoms with Crippen LogP contribution in [0.15, 0.2) is 12.2 Å². The Bertz CT molecular complexity index is 1060. The minimum Gasteiger partial charge on any atom is -0.394 e. The van der Waals surface area contributed by atoms with Crippen molar-refractivity contribution in [2.24, 2.45) is 0 Å². The third-order valence-electron chi connectivity index (χ3n) is 14.3. The Balaban J connectivity index is 1.84. The molecule has 0 bridgehead atoms. The molecule has 1 saturated heterocycles.